The lowest BCUT2D eigenvalue weighted by Gasteiger charge is -2.22. The first-order valence-electron chi connectivity index (χ1n) is 11.2. The molecule has 11 heteroatoms. The summed E-state index contributed by atoms with van der Waals surface area (Å²) < 4.78 is 41.1. The van der Waals surface area contributed by atoms with E-state index in [0.29, 0.717) is 36.8 Å². The van der Waals surface area contributed by atoms with Crippen LogP contribution in [0.5, 0.6) is 5.75 Å². The van der Waals surface area contributed by atoms with Crippen LogP contribution in [-0.2, 0) is 19.5 Å². The molecule has 2 N–H and O–H groups in total. The highest BCUT2D eigenvalue weighted by Crippen LogP contribution is 2.27. The summed E-state index contributed by atoms with van der Waals surface area (Å²) in [6, 6.07) is 20.9. The summed E-state index contributed by atoms with van der Waals surface area (Å²) in [5, 5.41) is 20.0. The topological polar surface area (TPSA) is 91.3 Å². The van der Waals surface area contributed by atoms with Gasteiger partial charge in [-0.25, -0.2) is 4.79 Å². The van der Waals surface area contributed by atoms with Gasteiger partial charge in [-0.15, -0.1) is 18.3 Å². The predicted molar refractivity (Wildman–Crippen MR) is 131 cm³/mol. The Hall–Kier alpha value is -3.89. The van der Waals surface area contributed by atoms with Crippen LogP contribution < -0.4 is 4.74 Å². The van der Waals surface area contributed by atoms with E-state index in [2.05, 4.69) is 25.0 Å². The number of hydrogen-bond acceptors (Lipinski definition) is 5. The van der Waals surface area contributed by atoms with E-state index < -0.39 is 12.3 Å². The van der Waals surface area contributed by atoms with Gasteiger partial charge in [-0.3, -0.25) is 4.90 Å². The SMILES string of the molecule is O=C(O)c1n[nH]nc1CCN(Cc1ccc(Cl)cc1)Cc1ccc(-c2ccc(OC(F)(F)F)cc2)cc1. The van der Waals surface area contributed by atoms with Crippen molar-refractivity contribution in [2.75, 3.05) is 6.54 Å². The Morgan fingerprint density at radius 1 is 0.892 bits per heavy atom. The minimum absolute atomic E-state index is 0.0950. The van der Waals surface area contributed by atoms with Crippen LogP contribution in [0.1, 0.15) is 27.3 Å². The van der Waals surface area contributed by atoms with Crippen LogP contribution in [0.2, 0.25) is 5.02 Å². The van der Waals surface area contributed by atoms with Gasteiger partial charge in [0.1, 0.15) is 5.75 Å². The van der Waals surface area contributed by atoms with Crippen molar-refractivity contribution in [2.45, 2.75) is 25.9 Å². The van der Waals surface area contributed by atoms with E-state index in [1.807, 2.05) is 48.5 Å². The Morgan fingerprint density at radius 2 is 1.43 bits per heavy atom. The number of aromatic amines is 1. The molecule has 3 aromatic carbocycles. The van der Waals surface area contributed by atoms with Gasteiger partial charge >= 0.3 is 12.3 Å². The van der Waals surface area contributed by atoms with E-state index in [-0.39, 0.29) is 11.4 Å². The molecule has 0 aliphatic carbocycles. The molecule has 0 amide bonds. The number of nitrogens with one attached hydrogen (secondary N) is 1. The van der Waals surface area contributed by atoms with Gasteiger partial charge in [0.2, 0.25) is 0 Å². The van der Waals surface area contributed by atoms with E-state index in [9.17, 15) is 23.1 Å². The summed E-state index contributed by atoms with van der Waals surface area (Å²) >= 11 is 6.01. The second-order valence-corrected chi connectivity index (χ2v) is 8.72. The van der Waals surface area contributed by atoms with Crippen LogP contribution in [-0.4, -0.2) is 44.3 Å². The summed E-state index contributed by atoms with van der Waals surface area (Å²) in [6.07, 6.45) is -4.35. The van der Waals surface area contributed by atoms with Crippen molar-refractivity contribution < 1.29 is 27.8 Å². The molecule has 0 unspecified atom stereocenters. The van der Waals surface area contributed by atoms with Crippen LogP contribution in [0.4, 0.5) is 13.2 Å². The van der Waals surface area contributed by atoms with Gasteiger partial charge in [-0.1, -0.05) is 60.1 Å². The van der Waals surface area contributed by atoms with Crippen molar-refractivity contribution in [2.24, 2.45) is 0 Å². The fourth-order valence-corrected chi connectivity index (χ4v) is 3.96. The number of aromatic nitrogens is 3. The first kappa shape index (κ1) is 26.2. The lowest BCUT2D eigenvalue weighted by molar-refractivity contribution is -0.274. The lowest BCUT2D eigenvalue weighted by atomic mass is 10.0. The molecule has 0 fully saturated rings. The highest BCUT2D eigenvalue weighted by atomic mass is 35.5. The third-order valence-corrected chi connectivity index (χ3v) is 5.84. The average Bonchev–Trinajstić information content (AvgIpc) is 3.33. The summed E-state index contributed by atoms with van der Waals surface area (Å²) in [6.45, 7) is 1.69. The van der Waals surface area contributed by atoms with Gasteiger partial charge < -0.3 is 9.84 Å². The van der Waals surface area contributed by atoms with Gasteiger partial charge in [0.15, 0.2) is 5.69 Å². The molecule has 0 saturated carbocycles. The number of carbonyl (C=O) groups is 1. The van der Waals surface area contributed by atoms with Crippen molar-refractivity contribution in [1.82, 2.24) is 20.3 Å². The quantitative estimate of drug-likeness (QED) is 0.263. The molecule has 0 aliphatic rings. The van der Waals surface area contributed by atoms with Crippen molar-refractivity contribution in [3.8, 4) is 16.9 Å². The third kappa shape index (κ3) is 7.55. The number of ether oxygens (including phenoxy) is 1. The molecule has 0 spiro atoms. The maximum atomic E-state index is 12.4. The minimum Gasteiger partial charge on any atom is -0.476 e. The monoisotopic (exact) mass is 530 g/mol. The summed E-state index contributed by atoms with van der Waals surface area (Å²) in [5.41, 5.74) is 3.94. The molecular weight excluding hydrogens is 509 g/mol. The fourth-order valence-electron chi connectivity index (χ4n) is 3.83. The lowest BCUT2D eigenvalue weighted by Crippen LogP contribution is -2.26. The van der Waals surface area contributed by atoms with E-state index in [0.717, 1.165) is 22.3 Å². The highest BCUT2D eigenvalue weighted by Gasteiger charge is 2.31. The largest absolute Gasteiger partial charge is 0.573 e. The number of aromatic carboxylic acids is 1. The molecule has 0 saturated heterocycles. The summed E-state index contributed by atoms with van der Waals surface area (Å²) in [7, 11) is 0. The molecule has 1 aromatic heterocycles. The predicted octanol–water partition coefficient (Wildman–Crippen LogP) is 5.97. The highest BCUT2D eigenvalue weighted by molar-refractivity contribution is 6.30. The number of halogens is 4. The fraction of sp³-hybridized carbons (Fsp3) is 0.192. The number of H-pyrrole nitrogens is 1. The molecule has 0 bridgehead atoms. The first-order valence-corrected chi connectivity index (χ1v) is 11.6. The molecule has 0 radical (unpaired) electrons. The zero-order valence-electron chi connectivity index (χ0n) is 19.4. The standard InChI is InChI=1S/C26H22ClF3N4O3/c27-21-9-3-18(4-10-21)16-34(14-13-23-24(25(35)36)32-33-31-23)15-17-1-5-19(6-2-17)20-7-11-22(12-8-20)37-26(28,29)30/h1-12H,13-16H2,(H,35,36)(H,31,32,33). The number of alkyl halides is 3. The maximum absolute atomic E-state index is 12.4. The Morgan fingerprint density at radius 3 is 1.97 bits per heavy atom. The normalized spacial score (nSPS) is 11.6. The van der Waals surface area contributed by atoms with Gasteiger partial charge in [-0.2, -0.15) is 10.3 Å². The number of rotatable bonds is 10. The molecule has 1 heterocycles. The molecule has 0 aliphatic heterocycles. The van der Waals surface area contributed by atoms with Gasteiger partial charge in [0.05, 0.1) is 5.69 Å². The second-order valence-electron chi connectivity index (χ2n) is 8.28. The zero-order chi connectivity index (χ0) is 26.4. The zero-order valence-corrected chi connectivity index (χ0v) is 20.1. The molecule has 4 aromatic rings. The smallest absolute Gasteiger partial charge is 0.476 e. The number of hydrogen-bond donors (Lipinski definition) is 2. The maximum Gasteiger partial charge on any atom is 0.573 e. The van der Waals surface area contributed by atoms with Crippen LogP contribution in [0.25, 0.3) is 11.1 Å². The van der Waals surface area contributed by atoms with Crippen LogP contribution in [0.3, 0.4) is 0 Å². The molecule has 7 nitrogen and oxygen atoms in total. The van der Waals surface area contributed by atoms with Crippen molar-refractivity contribution in [1.29, 1.82) is 0 Å². The van der Waals surface area contributed by atoms with Crippen LogP contribution in [0, 0.1) is 0 Å². The van der Waals surface area contributed by atoms with Crippen molar-refractivity contribution in [3.05, 3.63) is 100 Å². The van der Waals surface area contributed by atoms with Gasteiger partial charge in [-0.05, 0) is 46.5 Å². The Balaban J connectivity index is 1.46. The van der Waals surface area contributed by atoms with E-state index in [4.69, 9.17) is 11.6 Å². The average molecular weight is 531 g/mol. The Bertz CT molecular complexity index is 1330. The second kappa shape index (κ2) is 11.4. The third-order valence-electron chi connectivity index (χ3n) is 5.59. The minimum atomic E-state index is -4.73. The number of benzene rings is 3. The van der Waals surface area contributed by atoms with Gasteiger partial charge in [0.25, 0.3) is 0 Å². The molecule has 4 rings (SSSR count). The first-order chi connectivity index (χ1) is 17.7. The molecule has 37 heavy (non-hydrogen) atoms. The molecule has 0 atom stereocenters. The van der Waals surface area contributed by atoms with Crippen molar-refractivity contribution in [3.63, 3.8) is 0 Å². The number of nitrogens with zero attached hydrogens (tertiary/aromatic N) is 3. The number of carboxylic acids is 1. The molecule has 192 valence electrons. The van der Waals surface area contributed by atoms with Crippen LogP contribution in [0.15, 0.2) is 72.8 Å². The Kier molecular flexibility index (Phi) is 8.10. The van der Waals surface area contributed by atoms with E-state index in [1.54, 1.807) is 12.1 Å². The molecular formula is C26H22ClF3N4O3. The van der Waals surface area contributed by atoms with Crippen LogP contribution >= 0.6 is 11.6 Å². The number of carboxylic acid groups (broad SMARTS) is 1. The summed E-state index contributed by atoms with van der Waals surface area (Å²) in [4.78, 5) is 13.5. The van der Waals surface area contributed by atoms with Crippen molar-refractivity contribution >= 4 is 17.6 Å². The van der Waals surface area contributed by atoms with Gasteiger partial charge in [0, 0.05) is 31.1 Å². The van der Waals surface area contributed by atoms with E-state index >= 15 is 0 Å². The Labute approximate surface area is 215 Å². The van der Waals surface area contributed by atoms with E-state index in [1.165, 1.54) is 12.1 Å². The summed E-state index contributed by atoms with van der Waals surface area (Å²) in [5.74, 6) is -1.41.